The van der Waals surface area contributed by atoms with Crippen LogP contribution in [0.3, 0.4) is 0 Å². The molecule has 4 nitrogen and oxygen atoms in total. The molecule has 2 rings (SSSR count). The molecule has 1 atom stereocenters. The van der Waals surface area contributed by atoms with Crippen molar-refractivity contribution in [2.24, 2.45) is 5.73 Å². The first-order valence-electron chi connectivity index (χ1n) is 6.70. The van der Waals surface area contributed by atoms with E-state index in [4.69, 9.17) is 5.73 Å². The van der Waals surface area contributed by atoms with Crippen LogP contribution in [0, 0.1) is 0 Å². The van der Waals surface area contributed by atoms with Crippen LogP contribution in [-0.2, 0) is 10.2 Å². The number of carbonyl (C=O) groups excluding carboxylic acids is 1. The first kappa shape index (κ1) is 14.3. The van der Waals surface area contributed by atoms with Crippen molar-refractivity contribution >= 4 is 17.7 Å². The standard InChI is InChI=1S/C14H21N3OS/c1-2-14(13(15)18,12-5-3-4-6-16-12)11-17-7-9-19-10-8-17/h3-6H,2,7-11H2,1H3,(H2,15,18). The molecule has 104 valence electrons. The van der Waals surface area contributed by atoms with Crippen molar-refractivity contribution in [2.75, 3.05) is 31.1 Å². The average Bonchev–Trinajstić information content (AvgIpc) is 2.46. The van der Waals surface area contributed by atoms with E-state index in [-0.39, 0.29) is 5.91 Å². The number of primary amides is 1. The minimum atomic E-state index is -0.663. The van der Waals surface area contributed by atoms with Gasteiger partial charge in [-0.25, -0.2) is 0 Å². The van der Waals surface area contributed by atoms with Gasteiger partial charge in [-0.2, -0.15) is 11.8 Å². The number of amides is 1. The summed E-state index contributed by atoms with van der Waals surface area (Å²) in [4.78, 5) is 18.8. The van der Waals surface area contributed by atoms with Gasteiger partial charge in [-0.3, -0.25) is 9.78 Å². The topological polar surface area (TPSA) is 59.2 Å². The van der Waals surface area contributed by atoms with Crippen LogP contribution in [0.4, 0.5) is 0 Å². The monoisotopic (exact) mass is 279 g/mol. The highest BCUT2D eigenvalue weighted by Gasteiger charge is 2.40. The minimum Gasteiger partial charge on any atom is -0.369 e. The maximum absolute atomic E-state index is 12.1. The predicted octanol–water partition coefficient (Wildman–Crippen LogP) is 1.26. The zero-order chi connectivity index (χ0) is 13.7. The molecule has 5 heteroatoms. The summed E-state index contributed by atoms with van der Waals surface area (Å²) in [5.41, 5.74) is 5.85. The van der Waals surface area contributed by atoms with Crippen molar-refractivity contribution < 1.29 is 4.79 Å². The van der Waals surface area contributed by atoms with Crippen LogP contribution in [0.1, 0.15) is 19.0 Å². The third-order valence-corrected chi connectivity index (χ3v) is 4.77. The Balaban J connectivity index is 2.26. The Bertz CT molecular complexity index is 420. The zero-order valence-electron chi connectivity index (χ0n) is 11.3. The Morgan fingerprint density at radius 2 is 2.21 bits per heavy atom. The third kappa shape index (κ3) is 3.09. The SMILES string of the molecule is CCC(CN1CCSCC1)(C(N)=O)c1ccccn1. The van der Waals surface area contributed by atoms with Crippen molar-refractivity contribution in [3.63, 3.8) is 0 Å². The number of nitrogens with zero attached hydrogens (tertiary/aromatic N) is 2. The van der Waals surface area contributed by atoms with Gasteiger partial charge in [-0.05, 0) is 18.6 Å². The molecule has 2 N–H and O–H groups in total. The number of hydrogen-bond acceptors (Lipinski definition) is 4. The second-order valence-electron chi connectivity index (χ2n) is 4.90. The lowest BCUT2D eigenvalue weighted by Gasteiger charge is -2.36. The Morgan fingerprint density at radius 1 is 1.47 bits per heavy atom. The van der Waals surface area contributed by atoms with Gasteiger partial charge in [0.15, 0.2) is 0 Å². The van der Waals surface area contributed by atoms with Crippen LogP contribution in [0.15, 0.2) is 24.4 Å². The summed E-state index contributed by atoms with van der Waals surface area (Å²) in [5, 5.41) is 0. The molecule has 0 aliphatic carbocycles. The van der Waals surface area contributed by atoms with E-state index in [9.17, 15) is 4.79 Å². The van der Waals surface area contributed by atoms with Gasteiger partial charge >= 0.3 is 0 Å². The fraction of sp³-hybridized carbons (Fsp3) is 0.571. The predicted molar refractivity (Wildman–Crippen MR) is 79.2 cm³/mol. The molecule has 1 saturated heterocycles. The summed E-state index contributed by atoms with van der Waals surface area (Å²) in [6.45, 7) is 4.73. The van der Waals surface area contributed by atoms with E-state index < -0.39 is 5.41 Å². The third-order valence-electron chi connectivity index (χ3n) is 3.83. The van der Waals surface area contributed by atoms with Gasteiger partial charge in [-0.1, -0.05) is 13.0 Å². The van der Waals surface area contributed by atoms with Crippen LogP contribution in [0.5, 0.6) is 0 Å². The molecular formula is C14H21N3OS. The summed E-state index contributed by atoms with van der Waals surface area (Å²) in [6, 6.07) is 5.69. The highest BCUT2D eigenvalue weighted by atomic mass is 32.2. The molecule has 1 aliphatic heterocycles. The summed E-state index contributed by atoms with van der Waals surface area (Å²) in [7, 11) is 0. The Morgan fingerprint density at radius 3 is 2.74 bits per heavy atom. The molecule has 0 saturated carbocycles. The second kappa shape index (κ2) is 6.39. The largest absolute Gasteiger partial charge is 0.369 e. The number of hydrogen-bond donors (Lipinski definition) is 1. The van der Waals surface area contributed by atoms with Crippen LogP contribution in [0.2, 0.25) is 0 Å². The van der Waals surface area contributed by atoms with E-state index in [1.165, 1.54) is 0 Å². The molecule has 1 fully saturated rings. The van der Waals surface area contributed by atoms with E-state index in [0.29, 0.717) is 13.0 Å². The number of pyridine rings is 1. The molecule has 0 bridgehead atoms. The van der Waals surface area contributed by atoms with E-state index in [2.05, 4.69) is 9.88 Å². The summed E-state index contributed by atoms with van der Waals surface area (Å²) >= 11 is 1.96. The number of carbonyl (C=O) groups is 1. The highest BCUT2D eigenvalue weighted by Crippen LogP contribution is 2.28. The highest BCUT2D eigenvalue weighted by molar-refractivity contribution is 7.99. The molecule has 0 spiro atoms. The molecule has 2 heterocycles. The van der Waals surface area contributed by atoms with E-state index in [1.807, 2.05) is 36.9 Å². The van der Waals surface area contributed by atoms with Crippen LogP contribution < -0.4 is 5.73 Å². The van der Waals surface area contributed by atoms with Crippen molar-refractivity contribution in [1.82, 2.24) is 9.88 Å². The summed E-state index contributed by atoms with van der Waals surface area (Å²) < 4.78 is 0. The number of nitrogens with two attached hydrogens (primary N) is 1. The van der Waals surface area contributed by atoms with Crippen LogP contribution >= 0.6 is 11.8 Å². The lowest BCUT2D eigenvalue weighted by molar-refractivity contribution is -0.124. The zero-order valence-corrected chi connectivity index (χ0v) is 12.2. The summed E-state index contributed by atoms with van der Waals surface area (Å²) in [5.74, 6) is 1.98. The van der Waals surface area contributed by atoms with E-state index in [0.717, 1.165) is 30.3 Å². The molecule has 1 amide bonds. The van der Waals surface area contributed by atoms with Crippen molar-refractivity contribution in [3.05, 3.63) is 30.1 Å². The molecule has 0 radical (unpaired) electrons. The lowest BCUT2D eigenvalue weighted by Crippen LogP contribution is -2.51. The molecule has 0 aromatic carbocycles. The maximum Gasteiger partial charge on any atom is 0.230 e. The Kier molecular flexibility index (Phi) is 4.82. The van der Waals surface area contributed by atoms with Gasteiger partial charge < -0.3 is 10.6 Å². The van der Waals surface area contributed by atoms with Crippen LogP contribution in [-0.4, -0.2) is 46.9 Å². The first-order chi connectivity index (χ1) is 9.19. The van der Waals surface area contributed by atoms with Gasteiger partial charge in [0, 0.05) is 37.3 Å². The van der Waals surface area contributed by atoms with Crippen molar-refractivity contribution in [2.45, 2.75) is 18.8 Å². The molecular weight excluding hydrogens is 258 g/mol. The maximum atomic E-state index is 12.1. The second-order valence-corrected chi connectivity index (χ2v) is 6.13. The van der Waals surface area contributed by atoms with Gasteiger partial charge in [0.1, 0.15) is 5.41 Å². The molecule has 19 heavy (non-hydrogen) atoms. The van der Waals surface area contributed by atoms with Gasteiger partial charge in [0.2, 0.25) is 5.91 Å². The minimum absolute atomic E-state index is 0.271. The van der Waals surface area contributed by atoms with E-state index >= 15 is 0 Å². The fourth-order valence-corrected chi connectivity index (χ4v) is 3.52. The van der Waals surface area contributed by atoms with Gasteiger partial charge in [0.25, 0.3) is 0 Å². The molecule has 1 aliphatic rings. The van der Waals surface area contributed by atoms with E-state index in [1.54, 1.807) is 6.20 Å². The number of rotatable bonds is 5. The number of aromatic nitrogens is 1. The lowest BCUT2D eigenvalue weighted by atomic mass is 9.79. The Labute approximate surface area is 118 Å². The quantitative estimate of drug-likeness (QED) is 0.881. The van der Waals surface area contributed by atoms with Gasteiger partial charge in [0.05, 0.1) is 5.69 Å². The smallest absolute Gasteiger partial charge is 0.230 e. The van der Waals surface area contributed by atoms with Crippen molar-refractivity contribution in [3.8, 4) is 0 Å². The average molecular weight is 279 g/mol. The van der Waals surface area contributed by atoms with Crippen molar-refractivity contribution in [1.29, 1.82) is 0 Å². The first-order valence-corrected chi connectivity index (χ1v) is 7.86. The summed E-state index contributed by atoms with van der Waals surface area (Å²) in [6.07, 6.45) is 2.41. The Hall–Kier alpha value is -1.07. The van der Waals surface area contributed by atoms with Crippen LogP contribution in [0.25, 0.3) is 0 Å². The molecule has 1 aromatic rings. The molecule has 1 aromatic heterocycles. The molecule has 1 unspecified atom stereocenters. The fourth-order valence-electron chi connectivity index (χ4n) is 2.54. The number of thioether (sulfide) groups is 1. The normalized spacial score (nSPS) is 19.8. The van der Waals surface area contributed by atoms with Gasteiger partial charge in [-0.15, -0.1) is 0 Å².